The number of hydrogen-bond donors (Lipinski definition) is 3. The van der Waals surface area contributed by atoms with E-state index in [1.807, 2.05) is 13.8 Å². The van der Waals surface area contributed by atoms with Gasteiger partial charge >= 0.3 is 12.1 Å². The molecule has 0 heterocycles. The second-order valence-corrected chi connectivity index (χ2v) is 8.02. The van der Waals surface area contributed by atoms with E-state index < -0.39 is 35.2 Å². The van der Waals surface area contributed by atoms with Gasteiger partial charge in [-0.2, -0.15) is 0 Å². The second kappa shape index (κ2) is 15.0. The van der Waals surface area contributed by atoms with Crippen molar-refractivity contribution < 1.29 is 28.6 Å². The maximum Gasteiger partial charge on any atom is 0.408 e. The molecule has 0 rings (SSSR count). The number of nitrogens with one attached hydrogen (secondary N) is 2. The fourth-order valence-electron chi connectivity index (χ4n) is 1.93. The predicted molar refractivity (Wildman–Crippen MR) is 112 cm³/mol. The maximum absolute atomic E-state index is 12.4. The average Bonchev–Trinajstić information content (AvgIpc) is 2.56. The molecule has 172 valence electrons. The summed E-state index contributed by atoms with van der Waals surface area (Å²) < 4.78 is 15.6. The smallest absolute Gasteiger partial charge is 0.408 e. The molecule has 0 aliphatic heterocycles. The van der Waals surface area contributed by atoms with Crippen LogP contribution >= 0.6 is 0 Å². The molecular formula is C20H41N3O6. The molecule has 9 heteroatoms. The summed E-state index contributed by atoms with van der Waals surface area (Å²) in [6, 6.07) is -0.929. The fourth-order valence-corrected chi connectivity index (χ4v) is 1.93. The minimum absolute atomic E-state index is 0.0190. The first-order valence-corrected chi connectivity index (χ1v) is 10.1. The van der Waals surface area contributed by atoms with Gasteiger partial charge in [0.25, 0.3) is 0 Å². The molecule has 4 N–H and O–H groups in total. The highest BCUT2D eigenvalue weighted by Gasteiger charge is 2.26. The van der Waals surface area contributed by atoms with Crippen molar-refractivity contribution in [2.75, 3.05) is 26.3 Å². The van der Waals surface area contributed by atoms with E-state index in [9.17, 15) is 14.4 Å². The highest BCUT2D eigenvalue weighted by Crippen LogP contribution is 2.11. The summed E-state index contributed by atoms with van der Waals surface area (Å²) in [5.41, 5.74) is 4.00. The number of alkyl carbamates (subject to hydrolysis) is 1. The van der Waals surface area contributed by atoms with Gasteiger partial charge in [0.1, 0.15) is 17.2 Å². The lowest BCUT2D eigenvalue weighted by molar-refractivity contribution is -0.155. The Bertz CT molecular complexity index is 484. The van der Waals surface area contributed by atoms with Crippen molar-refractivity contribution in [3.63, 3.8) is 0 Å². The van der Waals surface area contributed by atoms with Gasteiger partial charge in [-0.3, -0.25) is 9.59 Å². The Balaban J connectivity index is 0. The van der Waals surface area contributed by atoms with Crippen LogP contribution < -0.4 is 16.4 Å². The zero-order chi connectivity index (χ0) is 23.1. The van der Waals surface area contributed by atoms with Crippen LogP contribution in [0.25, 0.3) is 0 Å². The lowest BCUT2D eigenvalue weighted by Gasteiger charge is -2.24. The van der Waals surface area contributed by atoms with Crippen molar-refractivity contribution in [2.24, 2.45) is 5.73 Å². The quantitative estimate of drug-likeness (QED) is 0.365. The molecule has 1 atom stereocenters. The van der Waals surface area contributed by atoms with Crippen molar-refractivity contribution >= 4 is 18.0 Å². The second-order valence-electron chi connectivity index (χ2n) is 8.02. The Morgan fingerprint density at radius 2 is 1.48 bits per heavy atom. The summed E-state index contributed by atoms with van der Waals surface area (Å²) in [5, 5.41) is 5.16. The van der Waals surface area contributed by atoms with Crippen LogP contribution in [-0.2, 0) is 23.8 Å². The number of amides is 2. The van der Waals surface area contributed by atoms with Crippen molar-refractivity contribution in [2.45, 2.75) is 85.5 Å². The maximum atomic E-state index is 12.4. The molecule has 0 bridgehead atoms. The molecule has 0 fully saturated rings. The first-order chi connectivity index (χ1) is 13.3. The monoisotopic (exact) mass is 419 g/mol. The highest BCUT2D eigenvalue weighted by atomic mass is 16.6. The highest BCUT2D eigenvalue weighted by molar-refractivity contribution is 5.86. The Kier molecular flexibility index (Phi) is 15.2. The largest absolute Gasteiger partial charge is 0.460 e. The van der Waals surface area contributed by atoms with Crippen LogP contribution in [0, 0.1) is 0 Å². The van der Waals surface area contributed by atoms with Gasteiger partial charge in [0.05, 0.1) is 13.2 Å². The lowest BCUT2D eigenvalue weighted by atomic mass is 10.1. The zero-order valence-corrected chi connectivity index (χ0v) is 19.3. The summed E-state index contributed by atoms with van der Waals surface area (Å²) in [7, 11) is 0. The van der Waals surface area contributed by atoms with Crippen LogP contribution in [-0.4, -0.2) is 61.5 Å². The SMILES string of the molecule is CC.CC(C)(C)OC(=O)CCC(NC(=O)OC(C)(C)C)C(=O)NCCOCCN. The molecule has 0 aromatic heterocycles. The molecule has 0 saturated heterocycles. The van der Waals surface area contributed by atoms with Gasteiger partial charge in [-0.05, 0) is 48.0 Å². The molecule has 0 saturated carbocycles. The number of ether oxygens (including phenoxy) is 3. The molecule has 9 nitrogen and oxygen atoms in total. The van der Waals surface area contributed by atoms with Crippen LogP contribution in [0.4, 0.5) is 4.79 Å². The molecular weight excluding hydrogens is 378 g/mol. The van der Waals surface area contributed by atoms with Crippen LogP contribution in [0.15, 0.2) is 0 Å². The Hall–Kier alpha value is -1.87. The van der Waals surface area contributed by atoms with Gasteiger partial charge in [0.2, 0.25) is 5.91 Å². The summed E-state index contributed by atoms with van der Waals surface area (Å²) in [6.45, 7) is 15.8. The van der Waals surface area contributed by atoms with Gasteiger partial charge < -0.3 is 30.6 Å². The van der Waals surface area contributed by atoms with E-state index in [4.69, 9.17) is 19.9 Å². The van der Waals surface area contributed by atoms with Crippen molar-refractivity contribution in [1.82, 2.24) is 10.6 Å². The third-order valence-electron chi connectivity index (χ3n) is 2.87. The number of nitrogens with two attached hydrogens (primary N) is 1. The van der Waals surface area contributed by atoms with Crippen LogP contribution in [0.1, 0.15) is 68.2 Å². The van der Waals surface area contributed by atoms with Gasteiger partial charge in [-0.1, -0.05) is 13.8 Å². The van der Waals surface area contributed by atoms with E-state index >= 15 is 0 Å². The van der Waals surface area contributed by atoms with Crippen molar-refractivity contribution in [1.29, 1.82) is 0 Å². The molecule has 0 aliphatic rings. The summed E-state index contributed by atoms with van der Waals surface area (Å²) >= 11 is 0. The minimum Gasteiger partial charge on any atom is -0.460 e. The predicted octanol–water partition coefficient (Wildman–Crippen LogP) is 2.12. The summed E-state index contributed by atoms with van der Waals surface area (Å²) in [5.74, 6) is -0.877. The summed E-state index contributed by atoms with van der Waals surface area (Å²) in [6.07, 6.45) is -0.662. The number of rotatable bonds is 10. The first-order valence-electron chi connectivity index (χ1n) is 10.1. The molecule has 1 unspecified atom stereocenters. The summed E-state index contributed by atoms with van der Waals surface area (Å²) in [4.78, 5) is 36.3. The molecule has 0 radical (unpaired) electrons. The Labute approximate surface area is 175 Å². The van der Waals surface area contributed by atoms with Crippen LogP contribution in [0.5, 0.6) is 0 Å². The third-order valence-corrected chi connectivity index (χ3v) is 2.87. The third kappa shape index (κ3) is 19.2. The molecule has 29 heavy (non-hydrogen) atoms. The Morgan fingerprint density at radius 1 is 0.931 bits per heavy atom. The van der Waals surface area contributed by atoms with E-state index in [1.165, 1.54) is 0 Å². The topological polar surface area (TPSA) is 129 Å². The molecule has 0 aromatic carbocycles. The average molecular weight is 420 g/mol. The molecule has 0 aromatic rings. The number of esters is 1. The van der Waals surface area contributed by atoms with E-state index in [0.29, 0.717) is 19.8 Å². The van der Waals surface area contributed by atoms with Gasteiger partial charge in [-0.15, -0.1) is 0 Å². The van der Waals surface area contributed by atoms with E-state index in [-0.39, 0.29) is 19.4 Å². The van der Waals surface area contributed by atoms with Crippen molar-refractivity contribution in [3.05, 3.63) is 0 Å². The number of carbonyl (C=O) groups is 3. The van der Waals surface area contributed by atoms with Crippen LogP contribution in [0.3, 0.4) is 0 Å². The zero-order valence-electron chi connectivity index (χ0n) is 19.3. The lowest BCUT2D eigenvalue weighted by Crippen LogP contribution is -2.49. The van der Waals surface area contributed by atoms with E-state index in [1.54, 1.807) is 41.5 Å². The van der Waals surface area contributed by atoms with Crippen LogP contribution in [0.2, 0.25) is 0 Å². The Morgan fingerprint density at radius 3 is 1.97 bits per heavy atom. The standard InChI is InChI=1S/C18H35N3O6.C2H6/c1-17(2,3)26-14(22)8-7-13(21-16(24)27-18(4,5)6)15(23)20-10-12-25-11-9-19;1-2/h13H,7-12,19H2,1-6H3,(H,20,23)(H,21,24);1-2H3. The minimum atomic E-state index is -0.929. The number of hydrogen-bond acceptors (Lipinski definition) is 7. The van der Waals surface area contributed by atoms with Gasteiger partial charge in [0, 0.05) is 19.5 Å². The van der Waals surface area contributed by atoms with Gasteiger partial charge in [-0.25, -0.2) is 4.79 Å². The van der Waals surface area contributed by atoms with Gasteiger partial charge in [0.15, 0.2) is 0 Å². The molecule has 2 amide bonds. The molecule has 0 spiro atoms. The van der Waals surface area contributed by atoms with E-state index in [0.717, 1.165) is 0 Å². The fraction of sp³-hybridized carbons (Fsp3) is 0.850. The molecule has 0 aliphatic carbocycles. The normalized spacial score (nSPS) is 12.2. The number of carbonyl (C=O) groups excluding carboxylic acids is 3. The van der Waals surface area contributed by atoms with E-state index in [2.05, 4.69) is 10.6 Å². The first kappa shape index (κ1) is 29.3. The van der Waals surface area contributed by atoms with Crippen molar-refractivity contribution in [3.8, 4) is 0 Å².